The summed E-state index contributed by atoms with van der Waals surface area (Å²) in [5.74, 6) is 0.376. The predicted octanol–water partition coefficient (Wildman–Crippen LogP) is 2.71. The number of aromatic amines is 1. The van der Waals surface area contributed by atoms with Gasteiger partial charge in [-0.3, -0.25) is 14.2 Å². The average Bonchev–Trinajstić information content (AvgIpc) is 2.49. The molecule has 2 aromatic rings. The van der Waals surface area contributed by atoms with Crippen LogP contribution in [0.25, 0.3) is 10.9 Å². The fourth-order valence-electron chi connectivity index (χ4n) is 2.42. The molecule has 0 aliphatic carbocycles. The summed E-state index contributed by atoms with van der Waals surface area (Å²) in [5, 5.41) is 0.527. The molecule has 1 N–H and O–H groups in total. The number of carbonyl (C=O) groups is 1. The van der Waals surface area contributed by atoms with Crippen LogP contribution in [0.1, 0.15) is 31.1 Å². The van der Waals surface area contributed by atoms with Crippen molar-refractivity contribution in [2.75, 3.05) is 13.1 Å². The summed E-state index contributed by atoms with van der Waals surface area (Å²) in [6.07, 6.45) is 0. The molecule has 0 saturated heterocycles. The van der Waals surface area contributed by atoms with E-state index in [-0.39, 0.29) is 11.5 Å². The van der Waals surface area contributed by atoms with E-state index in [1.165, 1.54) is 4.57 Å². The SMILES string of the molecule is CCN(CC(C)C)C(=O)c1ccc2c(=O)n(C)c(=S)[nH]c2c1. The Morgan fingerprint density at radius 3 is 2.68 bits per heavy atom. The van der Waals surface area contributed by atoms with Gasteiger partial charge in [-0.15, -0.1) is 0 Å². The standard InChI is InChI=1S/C16H21N3O2S/c1-5-19(9-10(2)3)14(20)11-6-7-12-13(8-11)17-16(22)18(4)15(12)21/h6-8,10H,5,9H2,1-4H3,(H,17,22). The number of hydrogen-bond donors (Lipinski definition) is 1. The maximum atomic E-state index is 12.6. The highest BCUT2D eigenvalue weighted by molar-refractivity contribution is 7.71. The van der Waals surface area contributed by atoms with Crippen molar-refractivity contribution in [1.29, 1.82) is 0 Å². The van der Waals surface area contributed by atoms with Crippen LogP contribution in [-0.2, 0) is 7.05 Å². The molecule has 0 unspecified atom stereocenters. The summed E-state index contributed by atoms with van der Waals surface area (Å²) in [6.45, 7) is 7.49. The summed E-state index contributed by atoms with van der Waals surface area (Å²) in [4.78, 5) is 29.5. The van der Waals surface area contributed by atoms with Crippen molar-refractivity contribution in [1.82, 2.24) is 14.5 Å². The fourth-order valence-corrected chi connectivity index (χ4v) is 2.61. The Balaban J connectivity index is 2.49. The normalized spacial score (nSPS) is 11.1. The van der Waals surface area contributed by atoms with Crippen molar-refractivity contribution in [2.24, 2.45) is 13.0 Å². The number of nitrogens with zero attached hydrogens (tertiary/aromatic N) is 2. The van der Waals surface area contributed by atoms with E-state index in [2.05, 4.69) is 18.8 Å². The van der Waals surface area contributed by atoms with E-state index >= 15 is 0 Å². The second-order valence-corrected chi connectivity index (χ2v) is 6.18. The Morgan fingerprint density at radius 2 is 2.09 bits per heavy atom. The van der Waals surface area contributed by atoms with Crippen molar-refractivity contribution >= 4 is 29.0 Å². The zero-order valence-corrected chi connectivity index (χ0v) is 14.2. The third-order valence-corrected chi connectivity index (χ3v) is 3.98. The monoisotopic (exact) mass is 319 g/mol. The highest BCUT2D eigenvalue weighted by atomic mass is 32.1. The van der Waals surface area contributed by atoms with Gasteiger partial charge in [0, 0.05) is 25.7 Å². The minimum atomic E-state index is -0.160. The second kappa shape index (κ2) is 6.44. The maximum Gasteiger partial charge on any atom is 0.261 e. The molecule has 118 valence electrons. The Kier molecular flexibility index (Phi) is 4.81. The largest absolute Gasteiger partial charge is 0.339 e. The summed E-state index contributed by atoms with van der Waals surface area (Å²) in [6, 6.07) is 5.09. The first kappa shape index (κ1) is 16.4. The lowest BCUT2D eigenvalue weighted by Gasteiger charge is -2.23. The Morgan fingerprint density at radius 1 is 1.41 bits per heavy atom. The first-order chi connectivity index (χ1) is 10.3. The third kappa shape index (κ3) is 3.11. The van der Waals surface area contributed by atoms with Crippen LogP contribution in [0.5, 0.6) is 0 Å². The van der Waals surface area contributed by atoms with E-state index in [9.17, 15) is 9.59 Å². The van der Waals surface area contributed by atoms with Gasteiger partial charge in [-0.25, -0.2) is 0 Å². The van der Waals surface area contributed by atoms with Crippen LogP contribution >= 0.6 is 12.2 Å². The molecule has 0 fully saturated rings. The molecule has 0 aliphatic heterocycles. The number of hydrogen-bond acceptors (Lipinski definition) is 3. The Labute approximate surface area is 134 Å². The number of H-pyrrole nitrogens is 1. The van der Waals surface area contributed by atoms with Crippen molar-refractivity contribution in [3.63, 3.8) is 0 Å². The third-order valence-electron chi connectivity index (χ3n) is 3.60. The number of carbonyl (C=O) groups excluding carboxylic acids is 1. The molecular weight excluding hydrogens is 298 g/mol. The molecular formula is C16H21N3O2S. The van der Waals surface area contributed by atoms with Crippen LogP contribution in [-0.4, -0.2) is 33.4 Å². The first-order valence-corrected chi connectivity index (χ1v) is 7.78. The summed E-state index contributed by atoms with van der Waals surface area (Å²) in [7, 11) is 1.63. The van der Waals surface area contributed by atoms with Gasteiger partial charge in [-0.1, -0.05) is 13.8 Å². The number of fused-ring (bicyclic) bond motifs is 1. The molecule has 22 heavy (non-hydrogen) atoms. The zero-order valence-electron chi connectivity index (χ0n) is 13.3. The van der Waals surface area contributed by atoms with Crippen LogP contribution in [0.3, 0.4) is 0 Å². The number of rotatable bonds is 4. The highest BCUT2D eigenvalue weighted by Crippen LogP contribution is 2.13. The summed E-state index contributed by atoms with van der Waals surface area (Å²) < 4.78 is 1.73. The Hall–Kier alpha value is -1.95. The number of benzene rings is 1. The summed E-state index contributed by atoms with van der Waals surface area (Å²) in [5.41, 5.74) is 1.00. The zero-order chi connectivity index (χ0) is 16.4. The van der Waals surface area contributed by atoms with Gasteiger partial charge < -0.3 is 9.88 Å². The van der Waals surface area contributed by atoms with E-state index in [0.717, 1.165) is 0 Å². The van der Waals surface area contributed by atoms with Crippen molar-refractivity contribution in [3.8, 4) is 0 Å². The summed E-state index contributed by atoms with van der Waals surface area (Å²) >= 11 is 5.12. The Bertz CT molecular complexity index is 820. The molecule has 0 radical (unpaired) electrons. The highest BCUT2D eigenvalue weighted by Gasteiger charge is 2.16. The van der Waals surface area contributed by atoms with Gasteiger partial charge in [-0.2, -0.15) is 0 Å². The van der Waals surface area contributed by atoms with Gasteiger partial charge in [0.25, 0.3) is 11.5 Å². The molecule has 1 amide bonds. The smallest absolute Gasteiger partial charge is 0.261 e. The molecule has 2 rings (SSSR count). The van der Waals surface area contributed by atoms with Crippen LogP contribution in [0, 0.1) is 10.7 Å². The van der Waals surface area contributed by atoms with Crippen LogP contribution < -0.4 is 5.56 Å². The van der Waals surface area contributed by atoms with Crippen molar-refractivity contribution < 1.29 is 4.79 Å². The predicted molar refractivity (Wildman–Crippen MR) is 90.8 cm³/mol. The average molecular weight is 319 g/mol. The lowest BCUT2D eigenvalue weighted by atomic mass is 10.1. The van der Waals surface area contributed by atoms with Crippen LogP contribution in [0.15, 0.2) is 23.0 Å². The topological polar surface area (TPSA) is 58.1 Å². The van der Waals surface area contributed by atoms with Gasteiger partial charge in [-0.05, 0) is 43.3 Å². The molecule has 5 nitrogen and oxygen atoms in total. The van der Waals surface area contributed by atoms with E-state index in [1.54, 1.807) is 25.2 Å². The molecule has 1 heterocycles. The minimum Gasteiger partial charge on any atom is -0.339 e. The number of nitrogens with one attached hydrogen (secondary N) is 1. The van der Waals surface area contributed by atoms with E-state index in [4.69, 9.17) is 12.2 Å². The van der Waals surface area contributed by atoms with E-state index in [0.29, 0.717) is 40.2 Å². The lowest BCUT2D eigenvalue weighted by molar-refractivity contribution is 0.0746. The van der Waals surface area contributed by atoms with Crippen molar-refractivity contribution in [2.45, 2.75) is 20.8 Å². The quantitative estimate of drug-likeness (QED) is 0.882. The maximum absolute atomic E-state index is 12.6. The van der Waals surface area contributed by atoms with Gasteiger partial charge in [0.2, 0.25) is 0 Å². The van der Waals surface area contributed by atoms with Crippen molar-refractivity contribution in [3.05, 3.63) is 38.9 Å². The lowest BCUT2D eigenvalue weighted by Crippen LogP contribution is -2.34. The molecule has 0 aliphatic rings. The van der Waals surface area contributed by atoms with Gasteiger partial charge in [0.1, 0.15) is 0 Å². The minimum absolute atomic E-state index is 0.0295. The van der Waals surface area contributed by atoms with E-state index in [1.807, 2.05) is 11.8 Å². The molecule has 1 aromatic carbocycles. The van der Waals surface area contributed by atoms with Crippen LogP contribution in [0.4, 0.5) is 0 Å². The van der Waals surface area contributed by atoms with E-state index < -0.39 is 0 Å². The molecule has 0 atom stereocenters. The number of aromatic nitrogens is 2. The van der Waals surface area contributed by atoms with Gasteiger partial charge >= 0.3 is 0 Å². The molecule has 6 heteroatoms. The van der Waals surface area contributed by atoms with Crippen LogP contribution in [0.2, 0.25) is 0 Å². The number of amides is 1. The molecule has 1 aromatic heterocycles. The molecule has 0 saturated carbocycles. The van der Waals surface area contributed by atoms with Gasteiger partial charge in [0.05, 0.1) is 10.9 Å². The molecule has 0 bridgehead atoms. The first-order valence-electron chi connectivity index (χ1n) is 7.37. The second-order valence-electron chi connectivity index (χ2n) is 5.79. The van der Waals surface area contributed by atoms with Gasteiger partial charge in [0.15, 0.2) is 4.77 Å². The fraction of sp³-hybridized carbons (Fsp3) is 0.438. The molecule has 0 spiro atoms.